The first-order valence-electron chi connectivity index (χ1n) is 5.48. The number of nitro benzene ring substituents is 1. The molecule has 17 heavy (non-hydrogen) atoms. The summed E-state index contributed by atoms with van der Waals surface area (Å²) in [6.07, 6.45) is 0.841. The number of non-ortho nitro benzene ring substituents is 1. The standard InChI is InChI=1S/C12H11N3O2/c1-7-11-9(5-6-13-7)8-3-2-4-10(15(16)17)12(8)14-11/h2-4,14H,5-6H2,1H3. The van der Waals surface area contributed by atoms with E-state index in [1.165, 1.54) is 6.07 Å². The second-order valence-electron chi connectivity index (χ2n) is 4.15. The lowest BCUT2D eigenvalue weighted by Crippen LogP contribution is -2.08. The molecule has 1 aromatic heterocycles. The molecule has 0 aliphatic carbocycles. The van der Waals surface area contributed by atoms with Gasteiger partial charge in [-0.2, -0.15) is 0 Å². The number of para-hydroxylation sites is 1. The molecule has 2 heterocycles. The van der Waals surface area contributed by atoms with E-state index in [9.17, 15) is 10.1 Å². The normalized spacial score (nSPS) is 14.5. The largest absolute Gasteiger partial charge is 0.348 e. The summed E-state index contributed by atoms with van der Waals surface area (Å²) in [4.78, 5) is 18.1. The van der Waals surface area contributed by atoms with Crippen molar-refractivity contribution in [2.24, 2.45) is 4.99 Å². The molecule has 0 amide bonds. The van der Waals surface area contributed by atoms with Crippen molar-refractivity contribution in [1.82, 2.24) is 4.98 Å². The summed E-state index contributed by atoms with van der Waals surface area (Å²) in [6, 6.07) is 5.18. The third-order valence-electron chi connectivity index (χ3n) is 3.19. The molecule has 0 bridgehead atoms. The molecule has 5 nitrogen and oxygen atoms in total. The van der Waals surface area contributed by atoms with Gasteiger partial charge in [-0.15, -0.1) is 0 Å². The molecule has 0 radical (unpaired) electrons. The second-order valence-corrected chi connectivity index (χ2v) is 4.15. The van der Waals surface area contributed by atoms with Crippen LogP contribution in [0.15, 0.2) is 23.2 Å². The van der Waals surface area contributed by atoms with E-state index in [0.717, 1.165) is 35.3 Å². The highest BCUT2D eigenvalue weighted by atomic mass is 16.6. The predicted molar refractivity (Wildman–Crippen MR) is 65.7 cm³/mol. The van der Waals surface area contributed by atoms with Gasteiger partial charge in [-0.25, -0.2) is 0 Å². The predicted octanol–water partition coefficient (Wildman–Crippen LogP) is 2.44. The number of rotatable bonds is 1. The van der Waals surface area contributed by atoms with Crippen LogP contribution in [-0.4, -0.2) is 22.2 Å². The number of nitro groups is 1. The third-order valence-corrected chi connectivity index (χ3v) is 3.19. The summed E-state index contributed by atoms with van der Waals surface area (Å²) >= 11 is 0. The van der Waals surface area contributed by atoms with Crippen molar-refractivity contribution >= 4 is 22.3 Å². The Bertz CT molecular complexity index is 655. The fraction of sp³-hybridized carbons (Fsp3) is 0.250. The van der Waals surface area contributed by atoms with E-state index in [2.05, 4.69) is 9.98 Å². The van der Waals surface area contributed by atoms with Crippen molar-refractivity contribution in [3.8, 4) is 0 Å². The van der Waals surface area contributed by atoms with E-state index in [1.807, 2.05) is 13.0 Å². The third kappa shape index (κ3) is 1.35. The van der Waals surface area contributed by atoms with Crippen molar-refractivity contribution in [2.75, 3.05) is 6.54 Å². The monoisotopic (exact) mass is 229 g/mol. The average Bonchev–Trinajstić information content (AvgIpc) is 2.69. The van der Waals surface area contributed by atoms with Crippen LogP contribution < -0.4 is 0 Å². The Morgan fingerprint density at radius 3 is 3.06 bits per heavy atom. The van der Waals surface area contributed by atoms with E-state index in [4.69, 9.17) is 0 Å². The Balaban J connectivity index is 2.38. The molecule has 0 fully saturated rings. The highest BCUT2D eigenvalue weighted by Crippen LogP contribution is 2.31. The molecule has 0 saturated heterocycles. The van der Waals surface area contributed by atoms with Gasteiger partial charge in [0.2, 0.25) is 0 Å². The molecule has 0 saturated carbocycles. The second kappa shape index (κ2) is 3.41. The lowest BCUT2D eigenvalue weighted by Gasteiger charge is -2.08. The van der Waals surface area contributed by atoms with Gasteiger partial charge in [-0.05, 0) is 18.9 Å². The smallest absolute Gasteiger partial charge is 0.293 e. The van der Waals surface area contributed by atoms with Gasteiger partial charge in [0.25, 0.3) is 5.69 Å². The summed E-state index contributed by atoms with van der Waals surface area (Å²) < 4.78 is 0. The number of hydrogen-bond acceptors (Lipinski definition) is 3. The first kappa shape index (κ1) is 10.0. The van der Waals surface area contributed by atoms with Crippen LogP contribution in [0.3, 0.4) is 0 Å². The summed E-state index contributed by atoms with van der Waals surface area (Å²) in [5.74, 6) is 0. The first-order chi connectivity index (χ1) is 8.18. The molecule has 0 spiro atoms. The van der Waals surface area contributed by atoms with Crippen molar-refractivity contribution in [2.45, 2.75) is 13.3 Å². The van der Waals surface area contributed by atoms with Gasteiger partial charge in [-0.1, -0.05) is 12.1 Å². The van der Waals surface area contributed by atoms with E-state index in [0.29, 0.717) is 5.52 Å². The molecule has 1 aromatic carbocycles. The maximum atomic E-state index is 11.0. The minimum absolute atomic E-state index is 0.129. The molecule has 0 unspecified atom stereocenters. The van der Waals surface area contributed by atoms with Crippen LogP contribution in [-0.2, 0) is 6.42 Å². The van der Waals surface area contributed by atoms with Gasteiger partial charge in [0.1, 0.15) is 5.52 Å². The Hall–Kier alpha value is -2.17. The van der Waals surface area contributed by atoms with Crippen molar-refractivity contribution in [3.05, 3.63) is 39.6 Å². The molecule has 86 valence electrons. The molecule has 3 rings (SSSR count). The van der Waals surface area contributed by atoms with Gasteiger partial charge >= 0.3 is 0 Å². The molecule has 1 aliphatic heterocycles. The Morgan fingerprint density at radius 1 is 1.47 bits per heavy atom. The van der Waals surface area contributed by atoms with Crippen LogP contribution in [0.1, 0.15) is 18.2 Å². The number of nitrogens with one attached hydrogen (secondary N) is 1. The number of hydrogen-bond donors (Lipinski definition) is 1. The Morgan fingerprint density at radius 2 is 2.29 bits per heavy atom. The van der Waals surface area contributed by atoms with Crippen molar-refractivity contribution < 1.29 is 4.92 Å². The number of H-pyrrole nitrogens is 1. The number of aliphatic imine (C=N–C) groups is 1. The lowest BCUT2D eigenvalue weighted by atomic mass is 10.0. The zero-order valence-corrected chi connectivity index (χ0v) is 9.36. The van der Waals surface area contributed by atoms with Crippen LogP contribution in [0.25, 0.3) is 10.9 Å². The number of benzene rings is 1. The molecular weight excluding hydrogens is 218 g/mol. The first-order valence-corrected chi connectivity index (χ1v) is 5.48. The van der Waals surface area contributed by atoms with Crippen LogP contribution in [0.2, 0.25) is 0 Å². The molecule has 0 atom stereocenters. The SMILES string of the molecule is CC1=NCCc2c1[nH]c1c([N+](=O)[O-])cccc21. The fourth-order valence-electron chi connectivity index (χ4n) is 2.39. The van der Waals surface area contributed by atoms with Crippen molar-refractivity contribution in [1.29, 1.82) is 0 Å². The summed E-state index contributed by atoms with van der Waals surface area (Å²) in [6.45, 7) is 2.69. The van der Waals surface area contributed by atoms with Crippen molar-refractivity contribution in [3.63, 3.8) is 0 Å². The maximum absolute atomic E-state index is 11.0. The van der Waals surface area contributed by atoms with Crippen LogP contribution in [0.4, 0.5) is 5.69 Å². The number of nitrogens with zero attached hydrogens (tertiary/aromatic N) is 2. The lowest BCUT2D eigenvalue weighted by molar-refractivity contribution is -0.383. The van der Waals surface area contributed by atoms with E-state index < -0.39 is 0 Å². The van der Waals surface area contributed by atoms with E-state index in [-0.39, 0.29) is 10.6 Å². The summed E-state index contributed by atoms with van der Waals surface area (Å²) in [5, 5.41) is 11.9. The number of fused-ring (bicyclic) bond motifs is 3. The minimum Gasteiger partial charge on any atom is -0.348 e. The molecule has 1 aliphatic rings. The number of aromatic amines is 1. The minimum atomic E-state index is -0.350. The summed E-state index contributed by atoms with van der Waals surface area (Å²) in [7, 11) is 0. The highest BCUT2D eigenvalue weighted by Gasteiger charge is 2.21. The molecule has 5 heteroatoms. The van der Waals surface area contributed by atoms with Gasteiger partial charge in [0, 0.05) is 18.0 Å². The quantitative estimate of drug-likeness (QED) is 0.602. The Labute approximate surface area is 97.3 Å². The van der Waals surface area contributed by atoms with Crippen LogP contribution in [0.5, 0.6) is 0 Å². The molecular formula is C12H11N3O2. The fourth-order valence-corrected chi connectivity index (χ4v) is 2.39. The zero-order chi connectivity index (χ0) is 12.0. The van der Waals surface area contributed by atoms with E-state index in [1.54, 1.807) is 6.07 Å². The Kier molecular flexibility index (Phi) is 2.01. The van der Waals surface area contributed by atoms with E-state index >= 15 is 0 Å². The average molecular weight is 229 g/mol. The highest BCUT2D eigenvalue weighted by molar-refractivity contribution is 6.06. The van der Waals surface area contributed by atoms with Gasteiger partial charge in [0.05, 0.1) is 16.3 Å². The number of aromatic nitrogens is 1. The van der Waals surface area contributed by atoms with Gasteiger partial charge < -0.3 is 4.98 Å². The topological polar surface area (TPSA) is 71.3 Å². The van der Waals surface area contributed by atoms with Gasteiger partial charge in [0.15, 0.2) is 0 Å². The molecule has 1 N–H and O–H groups in total. The molecule has 2 aromatic rings. The van der Waals surface area contributed by atoms with Crippen LogP contribution >= 0.6 is 0 Å². The maximum Gasteiger partial charge on any atom is 0.293 e. The zero-order valence-electron chi connectivity index (χ0n) is 9.36. The van der Waals surface area contributed by atoms with Crippen LogP contribution in [0, 0.1) is 10.1 Å². The van der Waals surface area contributed by atoms with Gasteiger partial charge in [-0.3, -0.25) is 15.1 Å². The summed E-state index contributed by atoms with van der Waals surface area (Å²) in [5.41, 5.74) is 3.76.